The molecular formula is C24H37IN6. The first-order valence-corrected chi connectivity index (χ1v) is 11.0. The fourth-order valence-electron chi connectivity index (χ4n) is 3.88. The third kappa shape index (κ3) is 7.96. The van der Waals surface area contributed by atoms with Crippen molar-refractivity contribution in [2.24, 2.45) is 4.99 Å². The number of piperidine rings is 1. The Morgan fingerprint density at radius 3 is 2.61 bits per heavy atom. The Bertz CT molecular complexity index is 811. The second-order valence-corrected chi connectivity index (χ2v) is 8.25. The molecule has 0 amide bonds. The van der Waals surface area contributed by atoms with E-state index in [-0.39, 0.29) is 24.0 Å². The van der Waals surface area contributed by atoms with Crippen LogP contribution in [0.2, 0.25) is 0 Å². The smallest absolute Gasteiger partial charge is 0.191 e. The average Bonchev–Trinajstić information content (AvgIpc) is 2.75. The lowest BCUT2D eigenvalue weighted by Crippen LogP contribution is -2.51. The van der Waals surface area contributed by atoms with Gasteiger partial charge in [0, 0.05) is 45.8 Å². The highest BCUT2D eigenvalue weighted by molar-refractivity contribution is 14.0. The molecule has 0 saturated carbocycles. The van der Waals surface area contributed by atoms with E-state index >= 15 is 0 Å². The lowest BCUT2D eigenvalue weighted by molar-refractivity contribution is 0.134. The minimum atomic E-state index is 0. The summed E-state index contributed by atoms with van der Waals surface area (Å²) in [6, 6.07) is 17.8. The number of anilines is 1. The molecule has 1 aliphatic rings. The van der Waals surface area contributed by atoms with E-state index in [1.54, 1.807) is 0 Å². The zero-order valence-electron chi connectivity index (χ0n) is 19.2. The molecule has 3 rings (SSSR count). The van der Waals surface area contributed by atoms with Crippen LogP contribution in [-0.4, -0.2) is 55.1 Å². The highest BCUT2D eigenvalue weighted by atomic mass is 127. The molecule has 7 heteroatoms. The van der Waals surface area contributed by atoms with Crippen molar-refractivity contribution in [3.05, 3.63) is 59.8 Å². The number of halogens is 1. The van der Waals surface area contributed by atoms with Gasteiger partial charge in [0.25, 0.3) is 0 Å². The summed E-state index contributed by atoms with van der Waals surface area (Å²) >= 11 is 0. The molecule has 2 heterocycles. The van der Waals surface area contributed by atoms with Gasteiger partial charge in [-0.1, -0.05) is 36.4 Å². The maximum atomic E-state index is 4.79. The van der Waals surface area contributed by atoms with E-state index in [0.717, 1.165) is 49.9 Å². The zero-order chi connectivity index (χ0) is 21.3. The van der Waals surface area contributed by atoms with Crippen LogP contribution in [0.3, 0.4) is 0 Å². The number of guanidine groups is 1. The molecule has 170 valence electrons. The standard InChI is InChI=1S/C24H36N6.HI/c1-5-25-24(26-17-22-12-9-13-23(27-22)29(3)4)28-21-14-15-30(19(2)16-21)18-20-10-7-6-8-11-20;/h6-13,19,21H,5,14-18H2,1-4H3,(H2,25,26,28);1H. The topological polar surface area (TPSA) is 55.8 Å². The highest BCUT2D eigenvalue weighted by Gasteiger charge is 2.25. The molecule has 2 unspecified atom stereocenters. The molecule has 1 aromatic heterocycles. The van der Waals surface area contributed by atoms with Crippen LogP contribution in [0.1, 0.15) is 37.9 Å². The van der Waals surface area contributed by atoms with E-state index in [9.17, 15) is 0 Å². The number of nitrogens with one attached hydrogen (secondary N) is 2. The second kappa shape index (κ2) is 12.9. The van der Waals surface area contributed by atoms with Gasteiger partial charge >= 0.3 is 0 Å². The minimum Gasteiger partial charge on any atom is -0.363 e. The van der Waals surface area contributed by atoms with Crippen LogP contribution in [0.4, 0.5) is 5.82 Å². The van der Waals surface area contributed by atoms with Crippen molar-refractivity contribution >= 4 is 35.8 Å². The van der Waals surface area contributed by atoms with Gasteiger partial charge in [-0.05, 0) is 44.4 Å². The van der Waals surface area contributed by atoms with Crippen LogP contribution in [0.5, 0.6) is 0 Å². The van der Waals surface area contributed by atoms with E-state index in [0.29, 0.717) is 18.6 Å². The average molecular weight is 537 g/mol. The van der Waals surface area contributed by atoms with Crippen LogP contribution in [0.25, 0.3) is 0 Å². The third-order valence-corrected chi connectivity index (χ3v) is 5.58. The van der Waals surface area contributed by atoms with Gasteiger partial charge in [-0.25, -0.2) is 9.98 Å². The number of likely N-dealkylation sites (tertiary alicyclic amines) is 1. The molecule has 6 nitrogen and oxygen atoms in total. The number of benzene rings is 1. The number of aromatic nitrogens is 1. The zero-order valence-corrected chi connectivity index (χ0v) is 21.5. The lowest BCUT2D eigenvalue weighted by Gasteiger charge is -2.38. The van der Waals surface area contributed by atoms with E-state index in [4.69, 9.17) is 4.99 Å². The Morgan fingerprint density at radius 2 is 1.94 bits per heavy atom. The SMILES string of the molecule is CCNC(=NCc1cccc(N(C)C)n1)NC1CCN(Cc2ccccc2)C(C)C1.I. The summed E-state index contributed by atoms with van der Waals surface area (Å²) in [5.41, 5.74) is 2.36. The first kappa shape index (κ1) is 25.4. The fourth-order valence-corrected chi connectivity index (χ4v) is 3.88. The quantitative estimate of drug-likeness (QED) is 0.320. The Hall–Kier alpha value is -1.87. The number of hydrogen-bond donors (Lipinski definition) is 2. The van der Waals surface area contributed by atoms with E-state index in [2.05, 4.69) is 64.7 Å². The Morgan fingerprint density at radius 1 is 1.16 bits per heavy atom. The molecule has 2 N–H and O–H groups in total. The summed E-state index contributed by atoms with van der Waals surface area (Å²) in [6.45, 7) is 7.97. The number of aliphatic imine (C=N–C) groups is 1. The summed E-state index contributed by atoms with van der Waals surface area (Å²) in [7, 11) is 4.01. The molecular weight excluding hydrogens is 499 g/mol. The second-order valence-electron chi connectivity index (χ2n) is 8.25. The Labute approximate surface area is 204 Å². The van der Waals surface area contributed by atoms with Gasteiger partial charge in [0.05, 0.1) is 12.2 Å². The van der Waals surface area contributed by atoms with Gasteiger partial charge in [0.1, 0.15) is 5.82 Å². The van der Waals surface area contributed by atoms with E-state index in [1.165, 1.54) is 5.56 Å². The van der Waals surface area contributed by atoms with Crippen LogP contribution in [-0.2, 0) is 13.1 Å². The summed E-state index contributed by atoms with van der Waals surface area (Å²) in [5, 5.41) is 7.04. The van der Waals surface area contributed by atoms with Crippen LogP contribution in [0.15, 0.2) is 53.5 Å². The fraction of sp³-hybridized carbons (Fsp3) is 0.500. The first-order chi connectivity index (χ1) is 14.5. The molecule has 0 aliphatic carbocycles. The van der Waals surface area contributed by atoms with Crippen molar-refractivity contribution < 1.29 is 0 Å². The molecule has 0 spiro atoms. The molecule has 0 radical (unpaired) electrons. The predicted molar refractivity (Wildman–Crippen MR) is 141 cm³/mol. The number of hydrogen-bond acceptors (Lipinski definition) is 4. The largest absolute Gasteiger partial charge is 0.363 e. The normalized spacial score (nSPS) is 19.4. The van der Waals surface area contributed by atoms with Crippen molar-refractivity contribution in [2.75, 3.05) is 32.1 Å². The van der Waals surface area contributed by atoms with Gasteiger partial charge in [-0.3, -0.25) is 4.90 Å². The molecule has 2 atom stereocenters. The molecule has 1 saturated heterocycles. The van der Waals surface area contributed by atoms with Crippen LogP contribution in [0, 0.1) is 0 Å². The van der Waals surface area contributed by atoms with E-state index in [1.807, 2.05) is 37.2 Å². The maximum Gasteiger partial charge on any atom is 0.191 e. The highest BCUT2D eigenvalue weighted by Crippen LogP contribution is 2.20. The number of pyridine rings is 1. The minimum absolute atomic E-state index is 0. The monoisotopic (exact) mass is 536 g/mol. The molecule has 2 aromatic rings. The molecule has 1 aromatic carbocycles. The van der Waals surface area contributed by atoms with Crippen molar-refractivity contribution in [1.82, 2.24) is 20.5 Å². The van der Waals surface area contributed by atoms with Gasteiger partial charge in [0.2, 0.25) is 0 Å². The van der Waals surface area contributed by atoms with Crippen LogP contribution >= 0.6 is 24.0 Å². The molecule has 1 fully saturated rings. The maximum absolute atomic E-state index is 4.79. The van der Waals surface area contributed by atoms with Crippen molar-refractivity contribution in [2.45, 2.75) is 51.9 Å². The number of rotatable bonds is 7. The van der Waals surface area contributed by atoms with Gasteiger partial charge in [-0.15, -0.1) is 24.0 Å². The predicted octanol–water partition coefficient (Wildman–Crippen LogP) is 3.87. The summed E-state index contributed by atoms with van der Waals surface area (Å²) < 4.78 is 0. The van der Waals surface area contributed by atoms with Crippen molar-refractivity contribution in [3.8, 4) is 0 Å². The van der Waals surface area contributed by atoms with Gasteiger partial charge in [0.15, 0.2) is 5.96 Å². The first-order valence-electron chi connectivity index (χ1n) is 11.0. The number of nitrogens with zero attached hydrogens (tertiary/aromatic N) is 4. The lowest BCUT2D eigenvalue weighted by atomic mass is 9.97. The summed E-state index contributed by atoms with van der Waals surface area (Å²) in [4.78, 5) is 14.1. The van der Waals surface area contributed by atoms with Crippen molar-refractivity contribution in [3.63, 3.8) is 0 Å². The Balaban J connectivity index is 0.00000341. The molecule has 0 bridgehead atoms. The summed E-state index contributed by atoms with van der Waals surface area (Å²) in [5.74, 6) is 1.84. The van der Waals surface area contributed by atoms with Crippen LogP contribution < -0.4 is 15.5 Å². The molecule has 31 heavy (non-hydrogen) atoms. The van der Waals surface area contributed by atoms with Gasteiger partial charge < -0.3 is 15.5 Å². The third-order valence-electron chi connectivity index (χ3n) is 5.58. The molecule has 1 aliphatic heterocycles. The van der Waals surface area contributed by atoms with E-state index < -0.39 is 0 Å². The van der Waals surface area contributed by atoms with Gasteiger partial charge in [-0.2, -0.15) is 0 Å². The van der Waals surface area contributed by atoms with Crippen molar-refractivity contribution in [1.29, 1.82) is 0 Å². The Kier molecular flexibility index (Phi) is 10.5. The summed E-state index contributed by atoms with van der Waals surface area (Å²) in [6.07, 6.45) is 2.24.